The van der Waals surface area contributed by atoms with Crippen LogP contribution in [0.25, 0.3) is 11.1 Å². The molecule has 0 unspecified atom stereocenters. The van der Waals surface area contributed by atoms with Gasteiger partial charge in [-0.1, -0.05) is 55.5 Å². The Labute approximate surface area is 124 Å². The van der Waals surface area contributed by atoms with E-state index in [1.54, 1.807) is 0 Å². The fourth-order valence-corrected chi connectivity index (χ4v) is 2.88. The number of alkyl carbamates (subject to hydrolysis) is 1. The maximum atomic E-state index is 11.6. The normalized spacial score (nSPS) is 12.6. The van der Waals surface area contributed by atoms with Gasteiger partial charge in [0, 0.05) is 12.5 Å². The number of fused-ring (bicyclic) bond motifs is 3. The van der Waals surface area contributed by atoms with Crippen molar-refractivity contribution in [1.29, 1.82) is 0 Å². The van der Waals surface area contributed by atoms with Crippen LogP contribution in [0.3, 0.4) is 0 Å². The second-order valence-corrected chi connectivity index (χ2v) is 5.25. The van der Waals surface area contributed by atoms with E-state index in [4.69, 9.17) is 4.74 Å². The highest BCUT2D eigenvalue weighted by Crippen LogP contribution is 2.44. The van der Waals surface area contributed by atoms with Gasteiger partial charge in [0.2, 0.25) is 0 Å². The van der Waals surface area contributed by atoms with E-state index in [1.165, 1.54) is 22.3 Å². The lowest BCUT2D eigenvalue weighted by molar-refractivity contribution is 0.143. The minimum absolute atomic E-state index is 0.129. The van der Waals surface area contributed by atoms with Crippen LogP contribution in [0, 0.1) is 0 Å². The average Bonchev–Trinajstić information content (AvgIpc) is 2.85. The van der Waals surface area contributed by atoms with Crippen molar-refractivity contribution in [2.24, 2.45) is 0 Å². The summed E-state index contributed by atoms with van der Waals surface area (Å²) in [5.74, 6) is 0.129. The van der Waals surface area contributed by atoms with E-state index in [0.717, 1.165) is 6.42 Å². The Hall–Kier alpha value is -2.29. The Bertz CT molecular complexity index is 606. The molecule has 3 nitrogen and oxygen atoms in total. The van der Waals surface area contributed by atoms with Gasteiger partial charge in [0.25, 0.3) is 0 Å². The number of hydrogen-bond acceptors (Lipinski definition) is 2. The van der Waals surface area contributed by atoms with Crippen molar-refractivity contribution in [3.8, 4) is 11.1 Å². The molecule has 0 spiro atoms. The second kappa shape index (κ2) is 6.00. The fraction of sp³-hybridized carbons (Fsp3) is 0.278. The molecule has 0 aromatic heterocycles. The molecule has 3 heteroatoms. The van der Waals surface area contributed by atoms with E-state index in [1.807, 2.05) is 31.2 Å². The molecule has 0 saturated carbocycles. The molecule has 1 N–H and O–H groups in total. The van der Waals surface area contributed by atoms with Crippen molar-refractivity contribution in [2.75, 3.05) is 13.2 Å². The van der Waals surface area contributed by atoms with E-state index in [0.29, 0.717) is 13.2 Å². The molecule has 108 valence electrons. The Morgan fingerprint density at radius 1 is 1.05 bits per heavy atom. The van der Waals surface area contributed by atoms with Crippen LogP contribution in [0.5, 0.6) is 0 Å². The van der Waals surface area contributed by atoms with E-state index in [9.17, 15) is 4.79 Å². The first-order valence-electron chi connectivity index (χ1n) is 7.40. The zero-order valence-corrected chi connectivity index (χ0v) is 12.1. The van der Waals surface area contributed by atoms with Crippen LogP contribution in [-0.4, -0.2) is 19.2 Å². The highest BCUT2D eigenvalue weighted by Gasteiger charge is 2.28. The van der Waals surface area contributed by atoms with Crippen molar-refractivity contribution in [2.45, 2.75) is 19.3 Å². The Kier molecular flexibility index (Phi) is 3.91. The third-order valence-corrected chi connectivity index (χ3v) is 3.86. The third-order valence-electron chi connectivity index (χ3n) is 3.86. The molecular weight excluding hydrogens is 262 g/mol. The van der Waals surface area contributed by atoms with Crippen LogP contribution >= 0.6 is 0 Å². The minimum Gasteiger partial charge on any atom is -0.449 e. The van der Waals surface area contributed by atoms with Gasteiger partial charge in [-0.3, -0.25) is 0 Å². The number of carbonyl (C=O) groups is 1. The van der Waals surface area contributed by atoms with E-state index >= 15 is 0 Å². The number of nitrogens with one attached hydrogen (secondary N) is 1. The number of hydrogen-bond donors (Lipinski definition) is 1. The van der Waals surface area contributed by atoms with Crippen molar-refractivity contribution in [1.82, 2.24) is 5.32 Å². The number of benzene rings is 2. The zero-order valence-electron chi connectivity index (χ0n) is 12.1. The predicted molar refractivity (Wildman–Crippen MR) is 83.4 cm³/mol. The Morgan fingerprint density at radius 2 is 1.62 bits per heavy atom. The summed E-state index contributed by atoms with van der Waals surface area (Å²) in [7, 11) is 0. The smallest absolute Gasteiger partial charge is 0.407 e. The molecule has 0 fully saturated rings. The monoisotopic (exact) mass is 281 g/mol. The molecule has 21 heavy (non-hydrogen) atoms. The highest BCUT2D eigenvalue weighted by molar-refractivity contribution is 5.79. The lowest BCUT2D eigenvalue weighted by Crippen LogP contribution is -2.26. The molecule has 1 aliphatic rings. The molecule has 2 aromatic carbocycles. The third kappa shape index (κ3) is 2.64. The van der Waals surface area contributed by atoms with Crippen LogP contribution in [0.15, 0.2) is 48.5 Å². The first-order valence-corrected chi connectivity index (χ1v) is 7.40. The summed E-state index contributed by atoms with van der Waals surface area (Å²) in [5.41, 5.74) is 4.97. The first-order chi connectivity index (χ1) is 10.3. The summed E-state index contributed by atoms with van der Waals surface area (Å²) in [4.78, 5) is 11.6. The molecule has 0 atom stereocenters. The van der Waals surface area contributed by atoms with Gasteiger partial charge in [0.15, 0.2) is 0 Å². The Morgan fingerprint density at radius 3 is 2.19 bits per heavy atom. The second-order valence-electron chi connectivity index (χ2n) is 5.25. The van der Waals surface area contributed by atoms with Crippen LogP contribution in [0.4, 0.5) is 4.79 Å². The molecule has 0 saturated heterocycles. The van der Waals surface area contributed by atoms with Gasteiger partial charge in [-0.05, 0) is 28.7 Å². The number of ether oxygens (including phenoxy) is 1. The lowest BCUT2D eigenvalue weighted by Gasteiger charge is -2.14. The first kappa shape index (κ1) is 13.7. The molecular formula is C18H19NO2. The number of rotatable bonds is 4. The minimum atomic E-state index is -0.335. The molecule has 2 aromatic rings. The topological polar surface area (TPSA) is 38.3 Å². The molecule has 0 aliphatic heterocycles. The predicted octanol–water partition coefficient (Wildman–Crippen LogP) is 3.94. The number of amides is 1. The summed E-state index contributed by atoms with van der Waals surface area (Å²) >= 11 is 0. The maximum absolute atomic E-state index is 11.6. The molecule has 0 radical (unpaired) electrons. The maximum Gasteiger partial charge on any atom is 0.407 e. The van der Waals surface area contributed by atoms with Crippen LogP contribution < -0.4 is 5.32 Å². The van der Waals surface area contributed by atoms with Crippen LogP contribution in [0.2, 0.25) is 0 Å². The van der Waals surface area contributed by atoms with E-state index < -0.39 is 0 Å². The average molecular weight is 281 g/mol. The van der Waals surface area contributed by atoms with Gasteiger partial charge in [-0.2, -0.15) is 0 Å². The summed E-state index contributed by atoms with van der Waals surface area (Å²) in [6, 6.07) is 16.7. The van der Waals surface area contributed by atoms with Crippen molar-refractivity contribution in [3.63, 3.8) is 0 Å². The van der Waals surface area contributed by atoms with Crippen molar-refractivity contribution in [3.05, 3.63) is 59.7 Å². The molecule has 1 amide bonds. The lowest BCUT2D eigenvalue weighted by atomic mass is 9.98. The summed E-state index contributed by atoms with van der Waals surface area (Å²) in [6.07, 6.45) is 0.572. The van der Waals surface area contributed by atoms with Crippen molar-refractivity contribution >= 4 is 6.09 Å². The van der Waals surface area contributed by atoms with Gasteiger partial charge in [-0.15, -0.1) is 0 Å². The molecule has 3 rings (SSSR count). The largest absolute Gasteiger partial charge is 0.449 e. The van der Waals surface area contributed by atoms with Gasteiger partial charge in [0.05, 0.1) is 0 Å². The molecule has 1 aliphatic carbocycles. The highest BCUT2D eigenvalue weighted by atomic mass is 16.5. The van der Waals surface area contributed by atoms with Gasteiger partial charge in [-0.25, -0.2) is 4.79 Å². The van der Waals surface area contributed by atoms with Crippen LogP contribution in [0.1, 0.15) is 30.4 Å². The van der Waals surface area contributed by atoms with Crippen LogP contribution in [-0.2, 0) is 4.74 Å². The van der Waals surface area contributed by atoms with Gasteiger partial charge < -0.3 is 10.1 Å². The SMILES string of the molecule is CCCNC(=O)OCC1c2ccccc2-c2ccccc21. The summed E-state index contributed by atoms with van der Waals surface area (Å²) < 4.78 is 5.39. The van der Waals surface area contributed by atoms with E-state index in [2.05, 4.69) is 29.6 Å². The standard InChI is InChI=1S/C18H19NO2/c1-2-11-19-18(20)21-12-17-15-9-5-3-7-13(15)14-8-4-6-10-16(14)17/h3-10,17H,2,11-12H2,1H3,(H,19,20). The van der Waals surface area contributed by atoms with E-state index in [-0.39, 0.29) is 12.0 Å². The molecule has 0 bridgehead atoms. The molecule has 0 heterocycles. The zero-order chi connectivity index (χ0) is 14.7. The van der Waals surface area contributed by atoms with Gasteiger partial charge >= 0.3 is 6.09 Å². The quantitative estimate of drug-likeness (QED) is 0.922. The summed E-state index contributed by atoms with van der Waals surface area (Å²) in [6.45, 7) is 3.05. The van der Waals surface area contributed by atoms with Gasteiger partial charge in [0.1, 0.15) is 6.61 Å². The Balaban J connectivity index is 1.81. The summed E-state index contributed by atoms with van der Waals surface area (Å²) in [5, 5.41) is 2.74. The van der Waals surface area contributed by atoms with Crippen molar-refractivity contribution < 1.29 is 9.53 Å². The number of carbonyl (C=O) groups excluding carboxylic acids is 1. The fourth-order valence-electron chi connectivity index (χ4n) is 2.88.